The SMILES string of the molecule is O=C1NC(=O)C2(CCCC2CNS(=O)(=O)N2CCC(c3cc4ccccc4o3)CC2)N1. The van der Waals surface area contributed by atoms with Crippen LogP contribution in [0.25, 0.3) is 11.0 Å². The van der Waals surface area contributed by atoms with Gasteiger partial charge in [-0.1, -0.05) is 24.6 Å². The number of nitrogens with one attached hydrogen (secondary N) is 3. The fourth-order valence-electron chi connectivity index (χ4n) is 5.20. The van der Waals surface area contributed by atoms with Gasteiger partial charge < -0.3 is 9.73 Å². The van der Waals surface area contributed by atoms with Crippen LogP contribution in [0.15, 0.2) is 34.7 Å². The van der Waals surface area contributed by atoms with E-state index in [1.54, 1.807) is 0 Å². The Morgan fingerprint density at radius 2 is 1.94 bits per heavy atom. The molecule has 9 nitrogen and oxygen atoms in total. The highest BCUT2D eigenvalue weighted by molar-refractivity contribution is 7.87. The van der Waals surface area contributed by atoms with Gasteiger partial charge in [0.15, 0.2) is 0 Å². The van der Waals surface area contributed by atoms with E-state index in [2.05, 4.69) is 15.4 Å². The van der Waals surface area contributed by atoms with Gasteiger partial charge in [0.2, 0.25) is 0 Å². The first-order valence-corrected chi connectivity index (χ1v) is 12.2. The highest BCUT2D eigenvalue weighted by Crippen LogP contribution is 2.38. The first-order chi connectivity index (χ1) is 14.9. The largest absolute Gasteiger partial charge is 0.461 e. The molecule has 2 aliphatic heterocycles. The lowest BCUT2D eigenvalue weighted by Gasteiger charge is -2.32. The second kappa shape index (κ2) is 7.61. The number of amides is 3. The number of rotatable bonds is 5. The van der Waals surface area contributed by atoms with Gasteiger partial charge in [0.05, 0.1) is 0 Å². The number of furan rings is 1. The number of carbonyl (C=O) groups is 2. The molecule has 2 aromatic rings. The van der Waals surface area contributed by atoms with E-state index in [0.29, 0.717) is 38.8 Å². The number of hydrogen-bond donors (Lipinski definition) is 3. The summed E-state index contributed by atoms with van der Waals surface area (Å²) in [5.74, 6) is 0.476. The van der Waals surface area contributed by atoms with Gasteiger partial charge in [-0.15, -0.1) is 0 Å². The third kappa shape index (κ3) is 3.62. The molecule has 3 heterocycles. The summed E-state index contributed by atoms with van der Waals surface area (Å²) in [6.45, 7) is 0.938. The number of imide groups is 1. The Bertz CT molecular complexity index is 1090. The number of nitrogens with zero attached hydrogens (tertiary/aromatic N) is 1. The predicted octanol–water partition coefficient (Wildman–Crippen LogP) is 1.82. The molecule has 31 heavy (non-hydrogen) atoms. The van der Waals surface area contributed by atoms with E-state index in [0.717, 1.165) is 23.2 Å². The van der Waals surface area contributed by atoms with E-state index in [1.807, 2.05) is 30.3 Å². The van der Waals surface area contributed by atoms with Crippen molar-refractivity contribution in [3.63, 3.8) is 0 Å². The fraction of sp³-hybridized carbons (Fsp3) is 0.524. The Morgan fingerprint density at radius 1 is 1.16 bits per heavy atom. The first-order valence-electron chi connectivity index (χ1n) is 10.7. The monoisotopic (exact) mass is 446 g/mol. The summed E-state index contributed by atoms with van der Waals surface area (Å²) >= 11 is 0. The number of hydrogen-bond acceptors (Lipinski definition) is 5. The van der Waals surface area contributed by atoms with Crippen LogP contribution < -0.4 is 15.4 Å². The van der Waals surface area contributed by atoms with Crippen molar-refractivity contribution < 1.29 is 22.4 Å². The Morgan fingerprint density at radius 3 is 2.65 bits per heavy atom. The van der Waals surface area contributed by atoms with Gasteiger partial charge in [0.1, 0.15) is 16.9 Å². The van der Waals surface area contributed by atoms with Gasteiger partial charge in [-0.05, 0) is 37.8 Å². The molecule has 10 heteroatoms. The molecule has 3 N–H and O–H groups in total. The van der Waals surface area contributed by atoms with E-state index in [-0.39, 0.29) is 24.3 Å². The van der Waals surface area contributed by atoms with Crippen LogP contribution in [-0.4, -0.2) is 49.8 Å². The Kier molecular flexibility index (Phi) is 5.03. The summed E-state index contributed by atoms with van der Waals surface area (Å²) in [7, 11) is -3.67. The van der Waals surface area contributed by atoms with Gasteiger partial charge in [-0.2, -0.15) is 12.7 Å². The molecule has 1 aromatic heterocycles. The average molecular weight is 447 g/mol. The Hall–Kier alpha value is -2.43. The van der Waals surface area contributed by atoms with Crippen molar-refractivity contribution in [2.45, 2.75) is 43.6 Å². The third-order valence-corrected chi connectivity index (χ3v) is 8.52. The van der Waals surface area contributed by atoms with Crippen LogP contribution in [0.3, 0.4) is 0 Å². The van der Waals surface area contributed by atoms with Gasteiger partial charge in [0.25, 0.3) is 16.1 Å². The van der Waals surface area contributed by atoms with Gasteiger partial charge in [-0.25, -0.2) is 9.52 Å². The second-order valence-corrected chi connectivity index (χ2v) is 10.4. The second-order valence-electron chi connectivity index (χ2n) is 8.68. The van der Waals surface area contributed by atoms with Crippen molar-refractivity contribution in [1.82, 2.24) is 19.7 Å². The molecule has 3 fully saturated rings. The zero-order chi connectivity index (χ0) is 21.6. The number of urea groups is 1. The minimum atomic E-state index is -3.67. The molecule has 1 saturated carbocycles. The number of carbonyl (C=O) groups excluding carboxylic acids is 2. The first kappa shape index (κ1) is 20.5. The van der Waals surface area contributed by atoms with E-state index in [9.17, 15) is 18.0 Å². The third-order valence-electron chi connectivity index (χ3n) is 6.94. The van der Waals surface area contributed by atoms with Crippen molar-refractivity contribution in [1.29, 1.82) is 0 Å². The minimum Gasteiger partial charge on any atom is -0.461 e. The van der Waals surface area contributed by atoms with Gasteiger partial charge >= 0.3 is 6.03 Å². The maximum absolute atomic E-state index is 12.9. The Balaban J connectivity index is 1.20. The zero-order valence-electron chi connectivity index (χ0n) is 17.1. The van der Waals surface area contributed by atoms with Crippen LogP contribution in [0.2, 0.25) is 0 Å². The summed E-state index contributed by atoms with van der Waals surface area (Å²) < 4.78 is 35.9. The highest BCUT2D eigenvalue weighted by atomic mass is 32.2. The van der Waals surface area contributed by atoms with E-state index in [1.165, 1.54) is 4.31 Å². The normalized spacial score (nSPS) is 27.8. The molecule has 1 aliphatic carbocycles. The van der Waals surface area contributed by atoms with E-state index < -0.39 is 21.8 Å². The maximum Gasteiger partial charge on any atom is 0.322 e. The molecule has 0 bridgehead atoms. The average Bonchev–Trinajstić information content (AvgIpc) is 3.44. The predicted molar refractivity (Wildman–Crippen MR) is 113 cm³/mol. The standard InChI is InChI=1S/C21H26N4O5S/c26-19-21(24-20(27)23-19)9-3-5-16(21)13-22-31(28,29)25-10-7-14(8-11-25)18-12-15-4-1-2-6-17(15)30-18/h1-2,4,6,12,14,16,22H,3,5,7-11,13H2,(H2,23,24,26,27). The molecule has 2 atom stereocenters. The molecule has 3 aliphatic rings. The topological polar surface area (TPSA) is 121 Å². The summed E-state index contributed by atoms with van der Waals surface area (Å²) in [6, 6.07) is 9.39. The summed E-state index contributed by atoms with van der Waals surface area (Å²) in [6.07, 6.45) is 3.35. The van der Waals surface area contributed by atoms with Crippen LogP contribution in [-0.2, 0) is 15.0 Å². The number of fused-ring (bicyclic) bond motifs is 1. The zero-order valence-corrected chi connectivity index (χ0v) is 17.9. The van der Waals surface area contributed by atoms with Crippen molar-refractivity contribution in [2.24, 2.45) is 5.92 Å². The van der Waals surface area contributed by atoms with Gasteiger partial charge in [-0.3, -0.25) is 10.1 Å². The lowest BCUT2D eigenvalue weighted by Crippen LogP contribution is -2.54. The maximum atomic E-state index is 12.9. The van der Waals surface area contributed by atoms with Gasteiger partial charge in [0, 0.05) is 36.9 Å². The fourth-order valence-corrected chi connectivity index (χ4v) is 6.49. The molecule has 2 saturated heterocycles. The molecule has 1 spiro atoms. The number of para-hydroxylation sites is 1. The van der Waals surface area contributed by atoms with Crippen LogP contribution in [0, 0.1) is 5.92 Å². The number of benzene rings is 1. The molecular formula is C21H26N4O5S. The summed E-state index contributed by atoms with van der Waals surface area (Å²) in [4.78, 5) is 23.9. The Labute approximate surface area is 180 Å². The minimum absolute atomic E-state index is 0.125. The van der Waals surface area contributed by atoms with E-state index in [4.69, 9.17) is 4.42 Å². The van der Waals surface area contributed by atoms with Crippen LogP contribution in [0.5, 0.6) is 0 Å². The summed E-state index contributed by atoms with van der Waals surface area (Å²) in [5, 5.41) is 6.06. The molecule has 1 aromatic carbocycles. The van der Waals surface area contributed by atoms with Crippen LogP contribution in [0.4, 0.5) is 4.79 Å². The smallest absolute Gasteiger partial charge is 0.322 e. The summed E-state index contributed by atoms with van der Waals surface area (Å²) in [5.41, 5.74) is -0.142. The highest BCUT2D eigenvalue weighted by Gasteiger charge is 2.54. The lowest BCUT2D eigenvalue weighted by molar-refractivity contribution is -0.125. The molecule has 3 amide bonds. The quantitative estimate of drug-likeness (QED) is 0.605. The molecule has 0 radical (unpaired) electrons. The van der Waals surface area contributed by atoms with E-state index >= 15 is 0 Å². The number of piperidine rings is 1. The molecule has 5 rings (SSSR count). The lowest BCUT2D eigenvalue weighted by atomic mass is 9.87. The molecular weight excluding hydrogens is 420 g/mol. The van der Waals surface area contributed by atoms with Crippen molar-refractivity contribution >= 4 is 33.1 Å². The van der Waals surface area contributed by atoms with Crippen molar-refractivity contribution in [3.8, 4) is 0 Å². The van der Waals surface area contributed by atoms with Crippen LogP contribution >= 0.6 is 0 Å². The van der Waals surface area contributed by atoms with Crippen LogP contribution in [0.1, 0.15) is 43.8 Å². The molecule has 2 unspecified atom stereocenters. The van der Waals surface area contributed by atoms with Crippen molar-refractivity contribution in [3.05, 3.63) is 36.1 Å². The van der Waals surface area contributed by atoms with Crippen molar-refractivity contribution in [2.75, 3.05) is 19.6 Å². The molecule has 166 valence electrons.